The number of aromatic amines is 1. The van der Waals surface area contributed by atoms with E-state index in [0.717, 1.165) is 21.7 Å². The standard InChI is InChI=1S/C36H34FN7O6/c1-18-28(20-6-7-21(31(20)39-18)29-23-17-19(37)5-8-24(23)40-34(29)48)33(47)38-11-12-42-13-15-43(16-14-42)25-4-2-3-22-30(25)36(50)44(35(22)49)26-9-10-27(45)41-32(26)46/h2-5,8,17,26,39H,6-7,9-16H2,1H3,(H,38,47)(H,40,48)(H,41,45,46)/b29-21-. The van der Waals surface area contributed by atoms with Crippen LogP contribution in [-0.4, -0.2) is 95.5 Å². The molecule has 256 valence electrons. The van der Waals surface area contributed by atoms with Crippen LogP contribution in [0.3, 0.4) is 0 Å². The van der Waals surface area contributed by atoms with Crippen molar-refractivity contribution >= 4 is 58.0 Å². The number of piperazine rings is 1. The molecule has 50 heavy (non-hydrogen) atoms. The van der Waals surface area contributed by atoms with Gasteiger partial charge >= 0.3 is 0 Å². The normalized spacial score (nSPS) is 21.7. The van der Waals surface area contributed by atoms with Crippen molar-refractivity contribution in [1.29, 1.82) is 0 Å². The van der Waals surface area contributed by atoms with Crippen LogP contribution in [-0.2, 0) is 20.8 Å². The molecule has 0 bridgehead atoms. The lowest BCUT2D eigenvalue weighted by molar-refractivity contribution is -0.136. The zero-order chi connectivity index (χ0) is 34.8. The van der Waals surface area contributed by atoms with Crippen LogP contribution in [0.25, 0.3) is 11.1 Å². The summed E-state index contributed by atoms with van der Waals surface area (Å²) in [5, 5.41) is 8.09. The first kappa shape index (κ1) is 31.6. The van der Waals surface area contributed by atoms with Gasteiger partial charge in [-0.3, -0.25) is 43.9 Å². The Kier molecular flexibility index (Phi) is 7.62. The molecule has 4 N–H and O–H groups in total. The fourth-order valence-corrected chi connectivity index (χ4v) is 7.94. The predicted molar refractivity (Wildman–Crippen MR) is 180 cm³/mol. The molecular formula is C36H34FN7O6. The van der Waals surface area contributed by atoms with Crippen LogP contribution in [0.15, 0.2) is 36.4 Å². The van der Waals surface area contributed by atoms with Crippen molar-refractivity contribution in [3.8, 4) is 0 Å². The number of hydrogen-bond acceptors (Lipinski definition) is 8. The quantitative estimate of drug-likeness (QED) is 0.228. The number of piperidine rings is 1. The summed E-state index contributed by atoms with van der Waals surface area (Å²) in [6.45, 7) is 5.36. The van der Waals surface area contributed by atoms with Gasteiger partial charge in [-0.1, -0.05) is 6.07 Å². The van der Waals surface area contributed by atoms with Gasteiger partial charge in [-0.05, 0) is 67.7 Å². The number of amides is 6. The molecule has 0 spiro atoms. The molecule has 0 saturated carbocycles. The van der Waals surface area contributed by atoms with Gasteiger partial charge in [0, 0.05) is 68.3 Å². The summed E-state index contributed by atoms with van der Waals surface area (Å²) >= 11 is 0. The summed E-state index contributed by atoms with van der Waals surface area (Å²) < 4.78 is 14.1. The number of benzene rings is 2. The highest BCUT2D eigenvalue weighted by Gasteiger charge is 2.46. The van der Waals surface area contributed by atoms with Crippen LogP contribution >= 0.6 is 0 Å². The summed E-state index contributed by atoms with van der Waals surface area (Å²) in [6.07, 6.45) is 1.31. The molecule has 14 heteroatoms. The highest BCUT2D eigenvalue weighted by Crippen LogP contribution is 2.44. The Balaban J connectivity index is 0.897. The number of hydrogen-bond donors (Lipinski definition) is 4. The average Bonchev–Trinajstić information content (AvgIpc) is 3.80. The number of allylic oxidation sites excluding steroid dienone is 1. The van der Waals surface area contributed by atoms with E-state index in [2.05, 4.69) is 30.7 Å². The number of fused-ring (bicyclic) bond motifs is 3. The van der Waals surface area contributed by atoms with E-state index in [0.29, 0.717) is 85.9 Å². The topological polar surface area (TPSA) is 164 Å². The van der Waals surface area contributed by atoms with Crippen LogP contribution in [0.2, 0.25) is 0 Å². The maximum atomic E-state index is 14.1. The number of aryl methyl sites for hydroxylation is 1. The molecule has 2 aromatic carbocycles. The number of aromatic nitrogens is 1. The SMILES string of the molecule is Cc1[nH]c2c(c1C(=O)NCCN1CCN(c3cccc4c3C(=O)N(C3CCC(=O)NC3=O)C4=O)CC1)CC/C2=C1/C(=O)Nc2ccc(F)cc21. The number of nitrogens with one attached hydrogen (secondary N) is 4. The first-order chi connectivity index (χ1) is 24.1. The lowest BCUT2D eigenvalue weighted by Crippen LogP contribution is -2.54. The highest BCUT2D eigenvalue weighted by atomic mass is 19.1. The molecule has 5 aliphatic rings. The second-order valence-electron chi connectivity index (χ2n) is 13.2. The third-order valence-corrected chi connectivity index (χ3v) is 10.3. The van der Waals surface area contributed by atoms with E-state index in [-0.39, 0.29) is 35.8 Å². The first-order valence-corrected chi connectivity index (χ1v) is 16.8. The number of halogens is 1. The molecule has 1 unspecified atom stereocenters. The van der Waals surface area contributed by atoms with Crippen molar-refractivity contribution in [2.24, 2.45) is 0 Å². The van der Waals surface area contributed by atoms with Crippen molar-refractivity contribution in [3.05, 3.63) is 81.4 Å². The Labute approximate surface area is 285 Å². The van der Waals surface area contributed by atoms with E-state index in [1.54, 1.807) is 18.2 Å². The van der Waals surface area contributed by atoms with Gasteiger partial charge in [-0.2, -0.15) is 0 Å². The van der Waals surface area contributed by atoms with Crippen molar-refractivity contribution in [3.63, 3.8) is 0 Å². The molecule has 13 nitrogen and oxygen atoms in total. The Morgan fingerprint density at radius 1 is 0.940 bits per heavy atom. The van der Waals surface area contributed by atoms with E-state index in [4.69, 9.17) is 0 Å². The smallest absolute Gasteiger partial charge is 0.264 e. The molecule has 1 aliphatic carbocycles. The second kappa shape index (κ2) is 12.1. The van der Waals surface area contributed by atoms with Crippen LogP contribution in [0.4, 0.5) is 15.8 Å². The molecule has 4 aliphatic heterocycles. The maximum absolute atomic E-state index is 14.1. The minimum atomic E-state index is -1.02. The van der Waals surface area contributed by atoms with Crippen LogP contribution < -0.4 is 20.9 Å². The summed E-state index contributed by atoms with van der Waals surface area (Å²) in [5.74, 6) is -3.02. The van der Waals surface area contributed by atoms with Gasteiger partial charge in [0.05, 0.1) is 28.0 Å². The lowest BCUT2D eigenvalue weighted by Gasteiger charge is -2.36. The molecule has 3 aromatic rings. The second-order valence-corrected chi connectivity index (χ2v) is 13.2. The maximum Gasteiger partial charge on any atom is 0.264 e. The van der Waals surface area contributed by atoms with E-state index < -0.39 is 35.5 Å². The van der Waals surface area contributed by atoms with Crippen molar-refractivity contribution < 1.29 is 33.2 Å². The molecule has 2 fully saturated rings. The number of rotatable bonds is 6. The molecule has 2 saturated heterocycles. The zero-order valence-electron chi connectivity index (χ0n) is 27.3. The Morgan fingerprint density at radius 3 is 2.52 bits per heavy atom. The van der Waals surface area contributed by atoms with Crippen molar-refractivity contribution in [2.45, 2.75) is 38.6 Å². The van der Waals surface area contributed by atoms with E-state index >= 15 is 0 Å². The number of nitrogens with zero attached hydrogens (tertiary/aromatic N) is 3. The van der Waals surface area contributed by atoms with E-state index in [1.807, 2.05) is 13.0 Å². The fraction of sp³-hybridized carbons (Fsp3) is 0.333. The molecule has 6 amide bonds. The number of anilines is 2. The summed E-state index contributed by atoms with van der Waals surface area (Å²) in [4.78, 5) is 85.8. The van der Waals surface area contributed by atoms with Gasteiger partial charge in [0.15, 0.2) is 0 Å². The third kappa shape index (κ3) is 5.09. The van der Waals surface area contributed by atoms with Crippen molar-refractivity contribution in [2.75, 3.05) is 49.5 Å². The molecule has 0 radical (unpaired) electrons. The number of carbonyl (C=O) groups excluding carboxylic acids is 6. The van der Waals surface area contributed by atoms with Gasteiger partial charge in [0.25, 0.3) is 23.6 Å². The van der Waals surface area contributed by atoms with Crippen molar-refractivity contribution in [1.82, 2.24) is 25.4 Å². The van der Waals surface area contributed by atoms with Crippen LogP contribution in [0.5, 0.6) is 0 Å². The predicted octanol–water partition coefficient (Wildman–Crippen LogP) is 2.22. The first-order valence-electron chi connectivity index (χ1n) is 16.8. The molecule has 5 heterocycles. The minimum Gasteiger partial charge on any atom is -0.368 e. The number of imide groups is 2. The largest absolute Gasteiger partial charge is 0.368 e. The van der Waals surface area contributed by atoms with Gasteiger partial charge in [-0.15, -0.1) is 0 Å². The van der Waals surface area contributed by atoms with Gasteiger partial charge in [0.2, 0.25) is 11.8 Å². The molecule has 1 aromatic heterocycles. The van der Waals surface area contributed by atoms with E-state index in [1.165, 1.54) is 12.1 Å². The molecule has 1 atom stereocenters. The van der Waals surface area contributed by atoms with Gasteiger partial charge in [0.1, 0.15) is 11.9 Å². The number of H-pyrrole nitrogens is 1. The fourth-order valence-electron chi connectivity index (χ4n) is 7.94. The summed E-state index contributed by atoms with van der Waals surface area (Å²) in [7, 11) is 0. The van der Waals surface area contributed by atoms with E-state index in [9.17, 15) is 33.2 Å². The molecular weight excluding hydrogens is 645 g/mol. The Bertz CT molecular complexity index is 2080. The third-order valence-electron chi connectivity index (χ3n) is 10.3. The van der Waals surface area contributed by atoms with Gasteiger partial charge in [-0.25, -0.2) is 4.39 Å². The monoisotopic (exact) mass is 679 g/mol. The summed E-state index contributed by atoms with van der Waals surface area (Å²) in [5.41, 5.74) is 6.37. The van der Waals surface area contributed by atoms with Crippen LogP contribution in [0, 0.1) is 12.7 Å². The average molecular weight is 680 g/mol. The highest BCUT2D eigenvalue weighted by molar-refractivity contribution is 6.37. The Hall–Kier alpha value is -5.63. The zero-order valence-corrected chi connectivity index (χ0v) is 27.3. The number of carbonyl (C=O) groups is 6. The molecule has 8 rings (SSSR count). The van der Waals surface area contributed by atoms with Crippen LogP contribution in [0.1, 0.15) is 72.9 Å². The van der Waals surface area contributed by atoms with Gasteiger partial charge < -0.3 is 20.5 Å². The Morgan fingerprint density at radius 2 is 1.74 bits per heavy atom. The summed E-state index contributed by atoms with van der Waals surface area (Å²) in [6, 6.07) is 8.34. The lowest BCUT2D eigenvalue weighted by atomic mass is 9.99. The minimum absolute atomic E-state index is 0.0595.